The Bertz CT molecular complexity index is 640. The Labute approximate surface area is 122 Å². The maximum atomic E-state index is 11.9. The second-order valence-electron chi connectivity index (χ2n) is 5.81. The van der Waals surface area contributed by atoms with Crippen LogP contribution in [0.3, 0.4) is 0 Å². The molecule has 1 aliphatic rings. The van der Waals surface area contributed by atoms with Crippen LogP contribution >= 0.6 is 11.3 Å². The van der Waals surface area contributed by atoms with Crippen molar-refractivity contribution in [2.75, 3.05) is 6.54 Å². The molecule has 0 bridgehead atoms. The van der Waals surface area contributed by atoms with Crippen molar-refractivity contribution in [1.82, 2.24) is 15.3 Å². The molecule has 1 aliphatic carbocycles. The van der Waals surface area contributed by atoms with Gasteiger partial charge in [0, 0.05) is 6.54 Å². The molecule has 2 aromatic rings. The van der Waals surface area contributed by atoms with Gasteiger partial charge in [-0.15, -0.1) is 11.3 Å². The number of hydrogen-bond donors (Lipinski definition) is 2. The van der Waals surface area contributed by atoms with E-state index in [2.05, 4.69) is 22.2 Å². The van der Waals surface area contributed by atoms with Gasteiger partial charge in [0.1, 0.15) is 10.5 Å². The van der Waals surface area contributed by atoms with Crippen LogP contribution < -0.4 is 10.9 Å². The van der Waals surface area contributed by atoms with E-state index in [1.54, 1.807) is 0 Å². The van der Waals surface area contributed by atoms with Crippen LogP contribution in [0.25, 0.3) is 10.2 Å². The number of thiophene rings is 1. The monoisotopic (exact) mass is 291 g/mol. The van der Waals surface area contributed by atoms with Gasteiger partial charge >= 0.3 is 0 Å². The Morgan fingerprint density at radius 3 is 3.00 bits per heavy atom. The second-order valence-corrected chi connectivity index (χ2v) is 6.73. The smallest absolute Gasteiger partial charge is 0.268 e. The van der Waals surface area contributed by atoms with E-state index < -0.39 is 0 Å². The third kappa shape index (κ3) is 2.65. The fourth-order valence-electron chi connectivity index (χ4n) is 3.23. The van der Waals surface area contributed by atoms with E-state index in [0.717, 1.165) is 22.6 Å². The highest BCUT2D eigenvalue weighted by atomic mass is 32.1. The van der Waals surface area contributed by atoms with Crippen LogP contribution in [0.1, 0.15) is 44.9 Å². The summed E-state index contributed by atoms with van der Waals surface area (Å²) in [6, 6.07) is 1.91. The van der Waals surface area contributed by atoms with Gasteiger partial charge in [0.25, 0.3) is 5.56 Å². The molecule has 0 amide bonds. The fraction of sp³-hybridized carbons (Fsp3) is 0.600. The minimum Gasteiger partial charge on any atom is -0.309 e. The molecule has 2 heterocycles. The molecule has 0 saturated heterocycles. The summed E-state index contributed by atoms with van der Waals surface area (Å²) >= 11 is 1.44. The van der Waals surface area contributed by atoms with E-state index in [0.29, 0.717) is 12.0 Å². The lowest BCUT2D eigenvalue weighted by Gasteiger charge is -2.27. The summed E-state index contributed by atoms with van der Waals surface area (Å²) in [5, 5.41) is 5.40. The van der Waals surface area contributed by atoms with Gasteiger partial charge in [-0.25, -0.2) is 4.98 Å². The summed E-state index contributed by atoms with van der Waals surface area (Å²) < 4.78 is 0.717. The highest BCUT2D eigenvalue weighted by molar-refractivity contribution is 7.17. The first-order chi connectivity index (χ1) is 9.72. The number of nitrogens with zero attached hydrogens (tertiary/aromatic N) is 1. The van der Waals surface area contributed by atoms with E-state index >= 15 is 0 Å². The third-order valence-electron chi connectivity index (χ3n) is 4.57. The van der Waals surface area contributed by atoms with Crippen molar-refractivity contribution < 1.29 is 0 Å². The van der Waals surface area contributed by atoms with Crippen LogP contribution in [-0.2, 0) is 6.54 Å². The number of rotatable bonds is 5. The molecule has 0 aliphatic heterocycles. The molecule has 4 nitrogen and oxygen atoms in total. The lowest BCUT2D eigenvalue weighted by molar-refractivity contribution is 0.267. The Morgan fingerprint density at radius 1 is 1.45 bits per heavy atom. The molecule has 0 spiro atoms. The second kappa shape index (κ2) is 5.66. The van der Waals surface area contributed by atoms with E-state index in [1.165, 1.54) is 43.4 Å². The molecule has 3 rings (SSSR count). The van der Waals surface area contributed by atoms with Crippen LogP contribution in [-0.4, -0.2) is 16.5 Å². The highest BCUT2D eigenvalue weighted by Crippen LogP contribution is 2.40. The number of nitrogens with one attached hydrogen (secondary N) is 2. The van der Waals surface area contributed by atoms with Gasteiger partial charge in [-0.05, 0) is 36.1 Å². The third-order valence-corrected chi connectivity index (χ3v) is 5.47. The van der Waals surface area contributed by atoms with E-state index in [-0.39, 0.29) is 5.56 Å². The molecular formula is C15H21N3OS. The molecule has 20 heavy (non-hydrogen) atoms. The van der Waals surface area contributed by atoms with Crippen molar-refractivity contribution in [1.29, 1.82) is 0 Å². The Hall–Kier alpha value is -1.20. The quantitative estimate of drug-likeness (QED) is 0.890. The van der Waals surface area contributed by atoms with Crippen LogP contribution in [0.15, 0.2) is 16.2 Å². The highest BCUT2D eigenvalue weighted by Gasteiger charge is 2.31. The van der Waals surface area contributed by atoms with Crippen LogP contribution in [0.2, 0.25) is 0 Å². The molecular weight excluding hydrogens is 270 g/mol. The van der Waals surface area contributed by atoms with Crippen LogP contribution in [0.4, 0.5) is 0 Å². The molecule has 0 unspecified atom stereocenters. The average molecular weight is 291 g/mol. The number of hydrogen-bond acceptors (Lipinski definition) is 4. The van der Waals surface area contributed by atoms with Crippen molar-refractivity contribution in [2.45, 2.75) is 45.6 Å². The molecule has 0 aromatic carbocycles. The summed E-state index contributed by atoms with van der Waals surface area (Å²) in [6.07, 6.45) is 6.58. The molecule has 2 aromatic heterocycles. The van der Waals surface area contributed by atoms with Crippen molar-refractivity contribution in [3.63, 3.8) is 0 Å². The summed E-state index contributed by atoms with van der Waals surface area (Å²) in [5.74, 6) is 0.741. The lowest BCUT2D eigenvalue weighted by Crippen LogP contribution is -2.32. The van der Waals surface area contributed by atoms with Gasteiger partial charge in [0.15, 0.2) is 0 Å². The van der Waals surface area contributed by atoms with Gasteiger partial charge in [0.2, 0.25) is 0 Å². The van der Waals surface area contributed by atoms with Crippen molar-refractivity contribution in [3.8, 4) is 0 Å². The summed E-state index contributed by atoms with van der Waals surface area (Å²) in [4.78, 5) is 19.3. The van der Waals surface area contributed by atoms with Crippen LogP contribution in [0.5, 0.6) is 0 Å². The van der Waals surface area contributed by atoms with Crippen molar-refractivity contribution in [3.05, 3.63) is 27.6 Å². The predicted octanol–water partition coefficient (Wildman–Crippen LogP) is 3.04. The number of fused-ring (bicyclic) bond motifs is 1. The summed E-state index contributed by atoms with van der Waals surface area (Å²) in [6.45, 7) is 3.95. The van der Waals surface area contributed by atoms with Gasteiger partial charge < -0.3 is 10.3 Å². The zero-order valence-corrected chi connectivity index (χ0v) is 12.7. The SMILES string of the molecule is CCC1(CNCc2nc3ccsc3c(=O)[nH]2)CCCC1. The number of H-pyrrole nitrogens is 1. The first-order valence-electron chi connectivity index (χ1n) is 7.40. The molecule has 2 N–H and O–H groups in total. The fourth-order valence-corrected chi connectivity index (χ4v) is 3.96. The minimum atomic E-state index is -0.0205. The largest absolute Gasteiger partial charge is 0.309 e. The molecule has 5 heteroatoms. The predicted molar refractivity (Wildman–Crippen MR) is 83.1 cm³/mol. The maximum absolute atomic E-state index is 11.9. The number of aromatic nitrogens is 2. The van der Waals surface area contributed by atoms with Gasteiger partial charge in [0.05, 0.1) is 12.1 Å². The topological polar surface area (TPSA) is 57.8 Å². The molecule has 0 radical (unpaired) electrons. The maximum Gasteiger partial charge on any atom is 0.268 e. The van der Waals surface area contributed by atoms with E-state index in [1.807, 2.05) is 11.4 Å². The summed E-state index contributed by atoms with van der Waals surface area (Å²) in [7, 11) is 0. The Kier molecular flexibility index (Phi) is 3.89. The van der Waals surface area contributed by atoms with Gasteiger partial charge in [-0.3, -0.25) is 4.79 Å². The molecule has 1 saturated carbocycles. The van der Waals surface area contributed by atoms with E-state index in [4.69, 9.17) is 0 Å². The Morgan fingerprint density at radius 2 is 2.25 bits per heavy atom. The zero-order chi connectivity index (χ0) is 14.0. The first kappa shape index (κ1) is 13.8. The standard InChI is InChI=1S/C15H21N3OS/c1-2-15(6-3-4-7-15)10-16-9-12-17-11-5-8-20-13(11)14(19)18-12/h5,8,16H,2-4,6-7,9-10H2,1H3,(H,17,18,19). The Balaban J connectivity index is 1.66. The minimum absolute atomic E-state index is 0.0205. The summed E-state index contributed by atoms with van der Waals surface area (Å²) in [5.41, 5.74) is 1.25. The zero-order valence-electron chi connectivity index (χ0n) is 11.9. The molecule has 108 valence electrons. The van der Waals surface area contributed by atoms with Crippen LogP contribution in [0, 0.1) is 5.41 Å². The van der Waals surface area contributed by atoms with E-state index in [9.17, 15) is 4.79 Å². The lowest BCUT2D eigenvalue weighted by atomic mass is 9.83. The van der Waals surface area contributed by atoms with Crippen molar-refractivity contribution in [2.24, 2.45) is 5.41 Å². The number of aromatic amines is 1. The van der Waals surface area contributed by atoms with Gasteiger partial charge in [-0.2, -0.15) is 0 Å². The van der Waals surface area contributed by atoms with Gasteiger partial charge in [-0.1, -0.05) is 19.8 Å². The normalized spacial score (nSPS) is 17.9. The molecule has 1 fully saturated rings. The first-order valence-corrected chi connectivity index (χ1v) is 8.27. The van der Waals surface area contributed by atoms with Crippen molar-refractivity contribution >= 4 is 21.6 Å². The molecule has 0 atom stereocenters. The average Bonchev–Trinajstić information content (AvgIpc) is 3.08.